The van der Waals surface area contributed by atoms with E-state index in [0.717, 1.165) is 18.8 Å². The maximum atomic E-state index is 5.51. The first-order valence-corrected chi connectivity index (χ1v) is 6.61. The summed E-state index contributed by atoms with van der Waals surface area (Å²) in [5, 5.41) is 0. The van der Waals surface area contributed by atoms with Gasteiger partial charge in [0.15, 0.2) is 0 Å². The summed E-state index contributed by atoms with van der Waals surface area (Å²) in [5.41, 5.74) is 0. The summed E-state index contributed by atoms with van der Waals surface area (Å²) in [6, 6.07) is 9.97. The van der Waals surface area contributed by atoms with Crippen molar-refractivity contribution in [3.05, 3.63) is 30.3 Å². The second-order valence-corrected chi connectivity index (χ2v) is 2.87. The summed E-state index contributed by atoms with van der Waals surface area (Å²) < 4.78 is 5.51. The molecule has 0 N–H and O–H groups in total. The van der Waals surface area contributed by atoms with Gasteiger partial charge < -0.3 is 4.74 Å². The molecule has 0 heterocycles. The van der Waals surface area contributed by atoms with Gasteiger partial charge >= 0.3 is 0 Å². The molecular formula is C15H28O. The topological polar surface area (TPSA) is 9.23 Å². The van der Waals surface area contributed by atoms with Crippen molar-refractivity contribution in [2.45, 2.75) is 53.9 Å². The number of benzene rings is 1. The van der Waals surface area contributed by atoms with Gasteiger partial charge in [0, 0.05) is 0 Å². The predicted molar refractivity (Wildman–Crippen MR) is 74.2 cm³/mol. The van der Waals surface area contributed by atoms with Crippen LogP contribution in [0.1, 0.15) is 53.9 Å². The van der Waals surface area contributed by atoms with Crippen LogP contribution in [0.3, 0.4) is 0 Å². The van der Waals surface area contributed by atoms with Crippen molar-refractivity contribution >= 4 is 0 Å². The fraction of sp³-hybridized carbons (Fsp3) is 0.600. The van der Waals surface area contributed by atoms with Crippen molar-refractivity contribution in [2.24, 2.45) is 0 Å². The van der Waals surface area contributed by atoms with Crippen LogP contribution in [0, 0.1) is 0 Å². The third-order valence-electron chi connectivity index (χ3n) is 1.76. The first-order chi connectivity index (χ1) is 7.93. The second-order valence-electron chi connectivity index (χ2n) is 2.87. The zero-order valence-electron chi connectivity index (χ0n) is 11.6. The molecule has 0 aliphatic rings. The molecule has 1 aromatic carbocycles. The highest BCUT2D eigenvalue weighted by Gasteiger charge is 1.89. The van der Waals surface area contributed by atoms with Crippen LogP contribution in [0.25, 0.3) is 0 Å². The van der Waals surface area contributed by atoms with Gasteiger partial charge in [0.1, 0.15) is 5.75 Å². The molecule has 94 valence electrons. The third kappa shape index (κ3) is 11.1. The Morgan fingerprint density at radius 1 is 0.875 bits per heavy atom. The van der Waals surface area contributed by atoms with E-state index < -0.39 is 0 Å². The van der Waals surface area contributed by atoms with E-state index >= 15 is 0 Å². The summed E-state index contributed by atoms with van der Waals surface area (Å²) in [6.45, 7) is 11.0. The highest BCUT2D eigenvalue weighted by molar-refractivity contribution is 5.20. The van der Waals surface area contributed by atoms with Crippen molar-refractivity contribution in [2.75, 3.05) is 6.61 Å². The van der Waals surface area contributed by atoms with E-state index in [2.05, 4.69) is 6.92 Å². The molecule has 1 heteroatoms. The maximum absolute atomic E-state index is 5.51. The van der Waals surface area contributed by atoms with E-state index in [1.54, 1.807) is 0 Å². The fourth-order valence-electron chi connectivity index (χ4n) is 1.06. The molecule has 1 rings (SSSR count). The number of unbranched alkanes of at least 4 members (excludes halogenated alkanes) is 2. The monoisotopic (exact) mass is 224 g/mol. The molecule has 0 unspecified atom stereocenters. The van der Waals surface area contributed by atoms with Gasteiger partial charge in [-0.25, -0.2) is 0 Å². The predicted octanol–water partition coefficient (Wildman–Crippen LogP) is 5.31. The van der Waals surface area contributed by atoms with Crippen LogP contribution >= 0.6 is 0 Å². The molecule has 0 amide bonds. The summed E-state index contributed by atoms with van der Waals surface area (Å²) in [4.78, 5) is 0. The molecule has 0 aliphatic carbocycles. The van der Waals surface area contributed by atoms with E-state index in [1.807, 2.05) is 58.0 Å². The van der Waals surface area contributed by atoms with Crippen molar-refractivity contribution in [3.63, 3.8) is 0 Å². The molecule has 0 aromatic heterocycles. The van der Waals surface area contributed by atoms with E-state index in [1.165, 1.54) is 12.8 Å². The first kappa shape index (κ1) is 17.4. The average Bonchev–Trinajstić information content (AvgIpc) is 2.41. The quantitative estimate of drug-likeness (QED) is 0.616. The van der Waals surface area contributed by atoms with Gasteiger partial charge in [0.2, 0.25) is 0 Å². The second kappa shape index (κ2) is 16.4. The maximum Gasteiger partial charge on any atom is 0.119 e. The minimum absolute atomic E-state index is 0.845. The number of rotatable bonds is 5. The van der Waals surface area contributed by atoms with Gasteiger partial charge in [-0.15, -0.1) is 0 Å². The zero-order chi connectivity index (χ0) is 12.6. The lowest BCUT2D eigenvalue weighted by Gasteiger charge is -2.04. The summed E-state index contributed by atoms with van der Waals surface area (Å²) in [5.74, 6) is 0.980. The highest BCUT2D eigenvalue weighted by atomic mass is 16.5. The van der Waals surface area contributed by atoms with Crippen LogP contribution in [-0.4, -0.2) is 6.61 Å². The Kier molecular flexibility index (Phi) is 17.9. The summed E-state index contributed by atoms with van der Waals surface area (Å²) >= 11 is 0. The van der Waals surface area contributed by atoms with Gasteiger partial charge in [-0.3, -0.25) is 0 Å². The number of ether oxygens (including phenoxy) is 1. The minimum Gasteiger partial charge on any atom is -0.494 e. The molecule has 16 heavy (non-hydrogen) atoms. The fourth-order valence-corrected chi connectivity index (χ4v) is 1.06. The van der Waals surface area contributed by atoms with Crippen molar-refractivity contribution < 1.29 is 4.74 Å². The van der Waals surface area contributed by atoms with Crippen molar-refractivity contribution in [3.8, 4) is 5.75 Å². The van der Waals surface area contributed by atoms with Crippen LogP contribution in [0.5, 0.6) is 5.75 Å². The van der Waals surface area contributed by atoms with Crippen LogP contribution < -0.4 is 4.74 Å². The SMILES string of the molecule is CC.CC.CCCCCOc1ccccc1. The first-order valence-electron chi connectivity index (χ1n) is 6.61. The van der Waals surface area contributed by atoms with Gasteiger partial charge in [-0.1, -0.05) is 65.7 Å². The molecule has 0 radical (unpaired) electrons. The van der Waals surface area contributed by atoms with E-state index in [9.17, 15) is 0 Å². The van der Waals surface area contributed by atoms with E-state index in [-0.39, 0.29) is 0 Å². The Labute approximate surface area is 102 Å². The molecule has 0 fully saturated rings. The molecule has 1 nitrogen and oxygen atoms in total. The summed E-state index contributed by atoms with van der Waals surface area (Å²) in [6.07, 6.45) is 3.66. The van der Waals surface area contributed by atoms with Gasteiger partial charge in [0.25, 0.3) is 0 Å². The van der Waals surface area contributed by atoms with Crippen molar-refractivity contribution in [1.29, 1.82) is 0 Å². The van der Waals surface area contributed by atoms with Gasteiger partial charge in [-0.2, -0.15) is 0 Å². The zero-order valence-corrected chi connectivity index (χ0v) is 11.6. The molecule has 0 saturated carbocycles. The number of para-hydroxylation sites is 1. The van der Waals surface area contributed by atoms with E-state index in [0.29, 0.717) is 0 Å². The molecule has 0 aliphatic heterocycles. The highest BCUT2D eigenvalue weighted by Crippen LogP contribution is 2.08. The van der Waals surface area contributed by atoms with E-state index in [4.69, 9.17) is 4.74 Å². The summed E-state index contributed by atoms with van der Waals surface area (Å²) in [7, 11) is 0. The largest absolute Gasteiger partial charge is 0.494 e. The lowest BCUT2D eigenvalue weighted by Crippen LogP contribution is -1.96. The minimum atomic E-state index is 0.845. The van der Waals surface area contributed by atoms with Crippen LogP contribution in [0.2, 0.25) is 0 Å². The average molecular weight is 224 g/mol. The van der Waals surface area contributed by atoms with Crippen LogP contribution in [-0.2, 0) is 0 Å². The molecule has 0 spiro atoms. The number of hydrogen-bond acceptors (Lipinski definition) is 1. The van der Waals surface area contributed by atoms with Gasteiger partial charge in [-0.05, 0) is 18.6 Å². The van der Waals surface area contributed by atoms with Crippen molar-refractivity contribution in [1.82, 2.24) is 0 Å². The molecule has 0 atom stereocenters. The lowest BCUT2D eigenvalue weighted by atomic mass is 10.3. The van der Waals surface area contributed by atoms with Gasteiger partial charge in [0.05, 0.1) is 6.61 Å². The Morgan fingerprint density at radius 3 is 1.94 bits per heavy atom. The standard InChI is InChI=1S/C11H16O.2C2H6/c1-2-3-7-10-12-11-8-5-4-6-9-11;2*1-2/h4-6,8-9H,2-3,7,10H2,1H3;2*1-2H3. The number of hydrogen-bond donors (Lipinski definition) is 0. The Bertz CT molecular complexity index is 194. The third-order valence-corrected chi connectivity index (χ3v) is 1.76. The smallest absolute Gasteiger partial charge is 0.119 e. The Balaban J connectivity index is 0. The molecular weight excluding hydrogens is 196 g/mol. The Morgan fingerprint density at radius 2 is 1.44 bits per heavy atom. The Hall–Kier alpha value is -0.980. The van der Waals surface area contributed by atoms with Crippen LogP contribution in [0.4, 0.5) is 0 Å². The van der Waals surface area contributed by atoms with Crippen LogP contribution in [0.15, 0.2) is 30.3 Å². The lowest BCUT2D eigenvalue weighted by molar-refractivity contribution is 0.306. The normalized spacial score (nSPS) is 8.06. The molecule has 1 aromatic rings. The molecule has 0 saturated heterocycles. The molecule has 0 bridgehead atoms.